The van der Waals surface area contributed by atoms with Gasteiger partial charge in [0.05, 0.1) is 9.97 Å². The fraction of sp³-hybridized carbons (Fsp3) is 0.348. The van der Waals surface area contributed by atoms with Crippen molar-refractivity contribution in [3.05, 3.63) is 70.1 Å². The first-order valence-corrected chi connectivity index (χ1v) is 12.3. The van der Waals surface area contributed by atoms with E-state index < -0.39 is 0 Å². The van der Waals surface area contributed by atoms with Gasteiger partial charge in [0.25, 0.3) is 11.5 Å². The lowest BCUT2D eigenvalue weighted by Crippen LogP contribution is -2.29. The van der Waals surface area contributed by atoms with Crippen LogP contribution in [0.4, 0.5) is 5.69 Å². The maximum Gasteiger partial charge on any atom is 0.276 e. The maximum absolute atomic E-state index is 13.2. The number of fused-ring (bicyclic) bond motifs is 1. The van der Waals surface area contributed by atoms with Crippen molar-refractivity contribution in [1.82, 2.24) is 9.78 Å². The molecule has 1 aromatic heterocycles. The predicted molar refractivity (Wildman–Crippen MR) is 128 cm³/mol. The third kappa shape index (κ3) is 4.57. The van der Waals surface area contributed by atoms with Gasteiger partial charge in [0.1, 0.15) is 0 Å². The van der Waals surface area contributed by atoms with E-state index in [1.807, 2.05) is 67.7 Å². The highest BCUT2D eigenvalue weighted by atomic mass is 32.2. The van der Waals surface area contributed by atoms with Gasteiger partial charge in [0, 0.05) is 17.6 Å². The summed E-state index contributed by atoms with van der Waals surface area (Å²) in [5.41, 5.74) is 2.07. The van der Waals surface area contributed by atoms with Gasteiger partial charge in [-0.15, -0.1) is 23.5 Å². The molecule has 1 aliphatic heterocycles. The Labute approximate surface area is 184 Å². The molecule has 7 heteroatoms. The molecule has 2 aromatic carbocycles. The fourth-order valence-corrected chi connectivity index (χ4v) is 6.38. The van der Waals surface area contributed by atoms with Crippen LogP contribution in [0.3, 0.4) is 0 Å². The molecule has 0 spiro atoms. The molecule has 1 fully saturated rings. The summed E-state index contributed by atoms with van der Waals surface area (Å²) in [6.45, 7) is 4.52. The van der Waals surface area contributed by atoms with Gasteiger partial charge in [0.2, 0.25) is 0 Å². The number of rotatable bonds is 5. The summed E-state index contributed by atoms with van der Waals surface area (Å²) in [5, 5.41) is 8.52. The van der Waals surface area contributed by atoms with Gasteiger partial charge in [-0.2, -0.15) is 5.10 Å². The fourth-order valence-electron chi connectivity index (χ4n) is 3.51. The van der Waals surface area contributed by atoms with Crippen molar-refractivity contribution < 1.29 is 4.79 Å². The molecule has 3 aromatic rings. The number of anilines is 1. The minimum Gasteiger partial charge on any atom is -0.321 e. The first-order chi connectivity index (χ1) is 14.5. The second kappa shape index (κ2) is 9.27. The molecule has 0 aliphatic carbocycles. The van der Waals surface area contributed by atoms with Crippen LogP contribution < -0.4 is 10.9 Å². The molecular formula is C23H25N3O2S2. The number of nitrogens with zero attached hydrogens (tertiary/aromatic N) is 2. The number of nitrogens with one attached hydrogen (secondary N) is 1. The first kappa shape index (κ1) is 21.0. The molecule has 30 heavy (non-hydrogen) atoms. The SMILES string of the molecule is CC(C)Cn1nc(C(=O)Nc2cccc(C3SCCCS3)c2)c2ccccc2c1=O. The number of hydrogen-bond donors (Lipinski definition) is 1. The Balaban J connectivity index is 1.66. The van der Waals surface area contributed by atoms with E-state index in [0.717, 1.165) is 5.69 Å². The van der Waals surface area contributed by atoms with Gasteiger partial charge in [-0.3, -0.25) is 9.59 Å². The largest absolute Gasteiger partial charge is 0.321 e. The first-order valence-electron chi connectivity index (χ1n) is 10.2. The molecule has 0 bridgehead atoms. The Morgan fingerprint density at radius 2 is 1.87 bits per heavy atom. The van der Waals surface area contributed by atoms with Crippen LogP contribution >= 0.6 is 23.5 Å². The van der Waals surface area contributed by atoms with E-state index in [-0.39, 0.29) is 23.1 Å². The summed E-state index contributed by atoms with van der Waals surface area (Å²) >= 11 is 3.90. The molecule has 1 saturated heterocycles. The van der Waals surface area contributed by atoms with Gasteiger partial charge in [-0.05, 0) is 47.6 Å². The Morgan fingerprint density at radius 3 is 2.60 bits per heavy atom. The van der Waals surface area contributed by atoms with Crippen LogP contribution in [0.25, 0.3) is 10.8 Å². The molecule has 0 atom stereocenters. The van der Waals surface area contributed by atoms with Crippen LogP contribution in [-0.4, -0.2) is 27.2 Å². The maximum atomic E-state index is 13.2. The summed E-state index contributed by atoms with van der Waals surface area (Å²) in [4.78, 5) is 25.9. The third-order valence-corrected chi connectivity index (χ3v) is 7.88. The number of carbonyl (C=O) groups excluding carboxylic acids is 1. The lowest BCUT2D eigenvalue weighted by Gasteiger charge is -2.21. The van der Waals surface area contributed by atoms with Crippen molar-refractivity contribution >= 4 is 45.9 Å². The molecule has 0 radical (unpaired) electrons. The molecule has 156 valence electrons. The number of carbonyl (C=O) groups is 1. The molecule has 0 unspecified atom stereocenters. The Hall–Kier alpha value is -2.25. The molecular weight excluding hydrogens is 414 g/mol. The van der Waals surface area contributed by atoms with Crippen molar-refractivity contribution in [2.75, 3.05) is 16.8 Å². The number of benzene rings is 2. The van der Waals surface area contributed by atoms with Gasteiger partial charge in [0.15, 0.2) is 5.69 Å². The van der Waals surface area contributed by atoms with E-state index in [0.29, 0.717) is 21.9 Å². The highest BCUT2D eigenvalue weighted by Crippen LogP contribution is 2.44. The molecule has 1 amide bonds. The minimum atomic E-state index is -0.301. The van der Waals surface area contributed by atoms with E-state index in [9.17, 15) is 9.59 Å². The summed E-state index contributed by atoms with van der Waals surface area (Å²) < 4.78 is 1.82. The summed E-state index contributed by atoms with van der Waals surface area (Å²) in [7, 11) is 0. The summed E-state index contributed by atoms with van der Waals surface area (Å²) in [6, 6.07) is 15.2. The van der Waals surface area contributed by atoms with Crippen LogP contribution in [-0.2, 0) is 6.54 Å². The van der Waals surface area contributed by atoms with Crippen LogP contribution in [0.2, 0.25) is 0 Å². The molecule has 5 nitrogen and oxygen atoms in total. The minimum absolute atomic E-state index is 0.163. The van der Waals surface area contributed by atoms with Crippen molar-refractivity contribution in [2.24, 2.45) is 5.92 Å². The smallest absolute Gasteiger partial charge is 0.276 e. The highest BCUT2D eigenvalue weighted by Gasteiger charge is 2.19. The normalized spacial score (nSPS) is 14.9. The number of hydrogen-bond acceptors (Lipinski definition) is 5. The Bertz CT molecular complexity index is 1120. The number of amides is 1. The molecule has 1 N–H and O–H groups in total. The average molecular weight is 440 g/mol. The number of thioether (sulfide) groups is 2. The van der Waals surface area contributed by atoms with Crippen molar-refractivity contribution in [3.63, 3.8) is 0 Å². The monoisotopic (exact) mass is 439 g/mol. The Morgan fingerprint density at radius 1 is 1.13 bits per heavy atom. The quantitative estimate of drug-likeness (QED) is 0.594. The standard InChI is InChI=1S/C23H25N3O2S2/c1-15(2)14-26-22(28)19-10-4-3-9-18(19)20(25-26)21(27)24-17-8-5-7-16(13-17)23-29-11-6-12-30-23/h3-5,7-10,13,15,23H,6,11-12,14H2,1-2H3,(H,24,27). The van der Waals surface area contributed by atoms with E-state index >= 15 is 0 Å². The summed E-state index contributed by atoms with van der Waals surface area (Å²) in [6.07, 6.45) is 1.24. The zero-order chi connectivity index (χ0) is 21.1. The highest BCUT2D eigenvalue weighted by molar-refractivity contribution is 8.16. The van der Waals surface area contributed by atoms with Gasteiger partial charge in [-0.25, -0.2) is 4.68 Å². The zero-order valence-corrected chi connectivity index (χ0v) is 18.8. The molecule has 2 heterocycles. The lowest BCUT2D eigenvalue weighted by atomic mass is 10.1. The van der Waals surface area contributed by atoms with Crippen LogP contribution in [0.1, 0.15) is 40.9 Å². The molecule has 0 saturated carbocycles. The summed E-state index contributed by atoms with van der Waals surface area (Å²) in [5.74, 6) is 2.28. The van der Waals surface area contributed by atoms with E-state index in [2.05, 4.69) is 16.5 Å². The molecule has 1 aliphatic rings. The lowest BCUT2D eigenvalue weighted by molar-refractivity contribution is 0.102. The van der Waals surface area contributed by atoms with Gasteiger partial charge < -0.3 is 5.32 Å². The molecule has 4 rings (SSSR count). The second-order valence-corrected chi connectivity index (χ2v) is 10.5. The van der Waals surface area contributed by atoms with Crippen LogP contribution in [0, 0.1) is 5.92 Å². The van der Waals surface area contributed by atoms with E-state index in [1.165, 1.54) is 28.2 Å². The van der Waals surface area contributed by atoms with Gasteiger partial charge in [-0.1, -0.05) is 44.2 Å². The average Bonchev–Trinajstić information content (AvgIpc) is 2.76. The topological polar surface area (TPSA) is 64.0 Å². The van der Waals surface area contributed by atoms with E-state index in [4.69, 9.17) is 0 Å². The van der Waals surface area contributed by atoms with Crippen molar-refractivity contribution in [1.29, 1.82) is 0 Å². The van der Waals surface area contributed by atoms with Crippen LogP contribution in [0.5, 0.6) is 0 Å². The van der Waals surface area contributed by atoms with Crippen molar-refractivity contribution in [3.8, 4) is 0 Å². The zero-order valence-electron chi connectivity index (χ0n) is 17.1. The van der Waals surface area contributed by atoms with Crippen LogP contribution in [0.15, 0.2) is 53.3 Å². The third-order valence-electron chi connectivity index (χ3n) is 4.86. The number of aromatic nitrogens is 2. The Kier molecular flexibility index (Phi) is 6.49. The van der Waals surface area contributed by atoms with Crippen molar-refractivity contribution in [2.45, 2.75) is 31.4 Å². The predicted octanol–water partition coefficient (Wildman–Crippen LogP) is 5.17. The second-order valence-electron chi connectivity index (χ2n) is 7.78. The van der Waals surface area contributed by atoms with Gasteiger partial charge >= 0.3 is 0 Å². The van der Waals surface area contributed by atoms with E-state index in [1.54, 1.807) is 12.1 Å².